The van der Waals surface area contributed by atoms with E-state index in [-0.39, 0.29) is 30.4 Å². The fraction of sp³-hybridized carbons (Fsp3) is 0.444. The fourth-order valence-electron chi connectivity index (χ4n) is 2.54. The highest BCUT2D eigenvalue weighted by Crippen LogP contribution is 2.34. The van der Waals surface area contributed by atoms with Gasteiger partial charge < -0.3 is 19.5 Å². The molecule has 0 saturated heterocycles. The second kappa shape index (κ2) is 8.34. The van der Waals surface area contributed by atoms with E-state index < -0.39 is 5.97 Å². The standard InChI is InChI=1S/C18H23N3O5S/c1-7-25-18(24)14-9(2)15(17(23)21(5)6)27-16(14)19-13(22)8-12-10(3)20-26-11(12)4/h7-8H2,1-6H3,(H,19,22). The molecule has 0 radical (unpaired) electrons. The van der Waals surface area contributed by atoms with Gasteiger partial charge in [-0.25, -0.2) is 4.79 Å². The van der Waals surface area contributed by atoms with Crippen LogP contribution in [0.4, 0.5) is 5.00 Å². The third-order valence-corrected chi connectivity index (χ3v) is 5.19. The van der Waals surface area contributed by atoms with Gasteiger partial charge in [0.1, 0.15) is 10.8 Å². The predicted molar refractivity (Wildman–Crippen MR) is 101 cm³/mol. The zero-order valence-corrected chi connectivity index (χ0v) is 17.1. The molecule has 1 N–H and O–H groups in total. The topological polar surface area (TPSA) is 102 Å². The van der Waals surface area contributed by atoms with Crippen molar-refractivity contribution in [3.8, 4) is 0 Å². The molecule has 2 heterocycles. The van der Waals surface area contributed by atoms with E-state index in [2.05, 4.69) is 10.5 Å². The average Bonchev–Trinajstić information content (AvgIpc) is 3.08. The molecular weight excluding hydrogens is 370 g/mol. The number of rotatable bonds is 6. The zero-order chi connectivity index (χ0) is 20.3. The minimum Gasteiger partial charge on any atom is -0.462 e. The number of nitrogens with one attached hydrogen (secondary N) is 1. The number of carbonyl (C=O) groups is 3. The SMILES string of the molecule is CCOC(=O)c1c(NC(=O)Cc2c(C)noc2C)sc(C(=O)N(C)C)c1C. The van der Waals surface area contributed by atoms with Gasteiger partial charge in [0, 0.05) is 19.7 Å². The van der Waals surface area contributed by atoms with Crippen molar-refractivity contribution in [1.29, 1.82) is 0 Å². The minimum atomic E-state index is -0.573. The van der Waals surface area contributed by atoms with Crippen LogP contribution >= 0.6 is 11.3 Å². The van der Waals surface area contributed by atoms with Gasteiger partial charge in [0.05, 0.1) is 29.2 Å². The van der Waals surface area contributed by atoms with Crippen LogP contribution in [0.1, 0.15) is 49.5 Å². The highest BCUT2D eigenvalue weighted by molar-refractivity contribution is 7.18. The van der Waals surface area contributed by atoms with Crippen LogP contribution in [0, 0.1) is 20.8 Å². The highest BCUT2D eigenvalue weighted by atomic mass is 32.1. The molecule has 0 fully saturated rings. The lowest BCUT2D eigenvalue weighted by molar-refractivity contribution is -0.115. The van der Waals surface area contributed by atoms with Gasteiger partial charge in [-0.2, -0.15) is 0 Å². The molecule has 0 bridgehead atoms. The molecule has 0 aliphatic heterocycles. The Morgan fingerprint density at radius 1 is 1.22 bits per heavy atom. The Morgan fingerprint density at radius 3 is 2.41 bits per heavy atom. The number of amides is 2. The molecular formula is C18H23N3O5S. The third kappa shape index (κ3) is 4.36. The second-order valence-corrected chi connectivity index (χ2v) is 7.23. The van der Waals surface area contributed by atoms with Crippen LogP contribution in [0.25, 0.3) is 0 Å². The molecule has 2 amide bonds. The van der Waals surface area contributed by atoms with E-state index >= 15 is 0 Å². The third-order valence-electron chi connectivity index (χ3n) is 4.00. The highest BCUT2D eigenvalue weighted by Gasteiger charge is 2.27. The van der Waals surface area contributed by atoms with Gasteiger partial charge >= 0.3 is 5.97 Å². The number of aryl methyl sites for hydroxylation is 2. The fourth-order valence-corrected chi connectivity index (χ4v) is 3.78. The van der Waals surface area contributed by atoms with E-state index in [4.69, 9.17) is 9.26 Å². The van der Waals surface area contributed by atoms with Gasteiger partial charge in [0.2, 0.25) is 5.91 Å². The van der Waals surface area contributed by atoms with Crippen molar-refractivity contribution in [2.75, 3.05) is 26.0 Å². The Labute approximate surface area is 161 Å². The van der Waals surface area contributed by atoms with E-state index in [1.165, 1.54) is 4.90 Å². The number of ether oxygens (including phenoxy) is 1. The normalized spacial score (nSPS) is 10.6. The van der Waals surface area contributed by atoms with E-state index in [1.54, 1.807) is 41.8 Å². The van der Waals surface area contributed by atoms with Gasteiger partial charge in [0.15, 0.2) is 0 Å². The predicted octanol–water partition coefficient (Wildman–Crippen LogP) is 2.72. The number of nitrogens with zero attached hydrogens (tertiary/aromatic N) is 2. The minimum absolute atomic E-state index is 0.0529. The molecule has 0 aromatic carbocycles. The molecule has 2 rings (SSSR count). The summed E-state index contributed by atoms with van der Waals surface area (Å²) in [6, 6.07) is 0. The summed E-state index contributed by atoms with van der Waals surface area (Å²) < 4.78 is 10.2. The van der Waals surface area contributed by atoms with E-state index in [1.807, 2.05) is 0 Å². The molecule has 0 atom stereocenters. The number of hydrogen-bond acceptors (Lipinski definition) is 7. The Bertz CT molecular complexity index is 862. The first kappa shape index (κ1) is 20.6. The molecule has 0 unspecified atom stereocenters. The molecule has 9 heteroatoms. The van der Waals surface area contributed by atoms with Crippen molar-refractivity contribution in [3.05, 3.63) is 33.0 Å². The van der Waals surface area contributed by atoms with Gasteiger partial charge in [-0.15, -0.1) is 11.3 Å². The lowest BCUT2D eigenvalue weighted by Gasteiger charge is -2.09. The Hall–Kier alpha value is -2.68. The van der Waals surface area contributed by atoms with Crippen molar-refractivity contribution in [2.24, 2.45) is 0 Å². The summed E-state index contributed by atoms with van der Waals surface area (Å²) >= 11 is 1.06. The summed E-state index contributed by atoms with van der Waals surface area (Å²) in [5.74, 6) is -0.579. The van der Waals surface area contributed by atoms with Crippen LogP contribution in [0.2, 0.25) is 0 Å². The molecule has 8 nitrogen and oxygen atoms in total. The van der Waals surface area contributed by atoms with Crippen molar-refractivity contribution >= 4 is 34.1 Å². The summed E-state index contributed by atoms with van der Waals surface area (Å²) in [5, 5.41) is 6.87. The van der Waals surface area contributed by atoms with Crippen molar-refractivity contribution < 1.29 is 23.6 Å². The van der Waals surface area contributed by atoms with Crippen LogP contribution < -0.4 is 5.32 Å². The van der Waals surface area contributed by atoms with Crippen LogP contribution in [0.15, 0.2) is 4.52 Å². The average molecular weight is 393 g/mol. The van der Waals surface area contributed by atoms with Gasteiger partial charge in [-0.1, -0.05) is 5.16 Å². The summed E-state index contributed by atoms with van der Waals surface area (Å²) in [7, 11) is 3.25. The van der Waals surface area contributed by atoms with Crippen molar-refractivity contribution in [2.45, 2.75) is 34.1 Å². The number of carbonyl (C=O) groups excluding carboxylic acids is 3. The van der Waals surface area contributed by atoms with Gasteiger partial charge in [0.25, 0.3) is 5.91 Å². The summed E-state index contributed by atoms with van der Waals surface area (Å²) in [4.78, 5) is 39.1. The maximum absolute atomic E-state index is 12.5. The number of anilines is 1. The Balaban J connectivity index is 2.36. The molecule has 27 heavy (non-hydrogen) atoms. The smallest absolute Gasteiger partial charge is 0.341 e. The monoisotopic (exact) mass is 393 g/mol. The van der Waals surface area contributed by atoms with Crippen molar-refractivity contribution in [1.82, 2.24) is 10.1 Å². The van der Waals surface area contributed by atoms with Crippen LogP contribution in [0.5, 0.6) is 0 Å². The first-order chi connectivity index (χ1) is 12.7. The maximum Gasteiger partial charge on any atom is 0.341 e. The van der Waals surface area contributed by atoms with Crippen LogP contribution in [0.3, 0.4) is 0 Å². The lowest BCUT2D eigenvalue weighted by atomic mass is 10.1. The first-order valence-electron chi connectivity index (χ1n) is 8.41. The second-order valence-electron chi connectivity index (χ2n) is 6.21. The molecule has 2 aromatic rings. The van der Waals surface area contributed by atoms with E-state index in [0.717, 1.165) is 11.3 Å². The molecule has 0 aliphatic rings. The van der Waals surface area contributed by atoms with Crippen LogP contribution in [-0.2, 0) is 16.0 Å². The number of hydrogen-bond donors (Lipinski definition) is 1. The molecule has 0 aliphatic carbocycles. The van der Waals surface area contributed by atoms with Gasteiger partial charge in [-0.3, -0.25) is 9.59 Å². The van der Waals surface area contributed by atoms with E-state index in [9.17, 15) is 14.4 Å². The maximum atomic E-state index is 12.5. The Morgan fingerprint density at radius 2 is 1.89 bits per heavy atom. The van der Waals surface area contributed by atoms with E-state index in [0.29, 0.717) is 32.5 Å². The molecule has 2 aromatic heterocycles. The number of esters is 1. The quantitative estimate of drug-likeness (QED) is 0.757. The summed E-state index contributed by atoms with van der Waals surface area (Å²) in [6.07, 6.45) is 0.0529. The molecule has 0 saturated carbocycles. The van der Waals surface area contributed by atoms with Crippen LogP contribution in [-0.4, -0.2) is 48.5 Å². The lowest BCUT2D eigenvalue weighted by Crippen LogP contribution is -2.21. The van der Waals surface area contributed by atoms with Crippen molar-refractivity contribution in [3.63, 3.8) is 0 Å². The zero-order valence-electron chi connectivity index (χ0n) is 16.3. The number of aromatic nitrogens is 1. The molecule has 146 valence electrons. The first-order valence-corrected chi connectivity index (χ1v) is 9.22. The summed E-state index contributed by atoms with van der Waals surface area (Å²) in [5.41, 5.74) is 2.03. The summed E-state index contributed by atoms with van der Waals surface area (Å²) in [6.45, 7) is 7.05. The van der Waals surface area contributed by atoms with Gasteiger partial charge in [-0.05, 0) is 33.3 Å². The largest absolute Gasteiger partial charge is 0.462 e. The Kier molecular flexibility index (Phi) is 6.37. The molecule has 0 spiro atoms. The number of thiophene rings is 1.